The average molecular weight is 254 g/mol. The van der Waals surface area contributed by atoms with Crippen molar-refractivity contribution < 1.29 is 9.53 Å². The van der Waals surface area contributed by atoms with Crippen LogP contribution in [0.25, 0.3) is 0 Å². The van der Waals surface area contributed by atoms with Crippen molar-refractivity contribution in [1.29, 1.82) is 0 Å². The molecule has 0 spiro atoms. The minimum atomic E-state index is -0.335. The number of hydrogen-bond donors (Lipinski definition) is 1. The Morgan fingerprint density at radius 3 is 3.12 bits per heavy atom. The van der Waals surface area contributed by atoms with Gasteiger partial charge in [-0.2, -0.15) is 5.21 Å². The Labute approximate surface area is 104 Å². The van der Waals surface area contributed by atoms with E-state index in [4.69, 9.17) is 17.0 Å². The Bertz CT molecular complexity index is 477. The number of ether oxygens (including phenoxy) is 1. The zero-order chi connectivity index (χ0) is 12.1. The number of hydrogen-bond acceptors (Lipinski definition) is 5. The summed E-state index contributed by atoms with van der Waals surface area (Å²) in [5.41, 5.74) is 1.20. The topological polar surface area (TPSA) is 72.8 Å². The van der Waals surface area contributed by atoms with Crippen molar-refractivity contribution in [2.24, 2.45) is 0 Å². The highest BCUT2D eigenvalue weighted by Crippen LogP contribution is 2.17. The van der Waals surface area contributed by atoms with Crippen LogP contribution in [-0.2, 0) is 16.1 Å². The molecule has 2 rings (SSSR count). The van der Waals surface area contributed by atoms with Crippen LogP contribution in [0.4, 0.5) is 0 Å². The molecule has 1 aliphatic carbocycles. The number of nitrogens with one attached hydrogen (secondary N) is 1. The van der Waals surface area contributed by atoms with Crippen molar-refractivity contribution in [3.63, 3.8) is 0 Å². The molecule has 0 saturated carbocycles. The summed E-state index contributed by atoms with van der Waals surface area (Å²) in [6.07, 6.45) is 6.67. The van der Waals surface area contributed by atoms with Gasteiger partial charge in [0.05, 0.1) is 0 Å². The van der Waals surface area contributed by atoms with E-state index in [0.29, 0.717) is 6.61 Å². The van der Waals surface area contributed by atoms with Crippen LogP contribution < -0.4 is 0 Å². The Balaban J connectivity index is 1.80. The summed E-state index contributed by atoms with van der Waals surface area (Å²) in [6, 6.07) is 0. The van der Waals surface area contributed by atoms with E-state index >= 15 is 0 Å². The third kappa shape index (κ3) is 3.48. The van der Waals surface area contributed by atoms with Crippen LogP contribution in [0.2, 0.25) is 0 Å². The Morgan fingerprint density at radius 1 is 1.59 bits per heavy atom. The molecule has 92 valence electrons. The van der Waals surface area contributed by atoms with Gasteiger partial charge in [-0.1, -0.05) is 16.4 Å². The Morgan fingerprint density at radius 2 is 2.47 bits per heavy atom. The van der Waals surface area contributed by atoms with Gasteiger partial charge in [0, 0.05) is 0 Å². The molecule has 1 aliphatic rings. The maximum Gasteiger partial charge on any atom is 0.328 e. The average Bonchev–Trinajstić information content (AvgIpc) is 2.74. The van der Waals surface area contributed by atoms with Crippen molar-refractivity contribution >= 4 is 18.2 Å². The number of H-pyrrole nitrogens is 1. The van der Waals surface area contributed by atoms with E-state index in [0.717, 1.165) is 12.8 Å². The molecule has 0 aromatic carbocycles. The smallest absolute Gasteiger partial charge is 0.328 e. The predicted molar refractivity (Wildman–Crippen MR) is 62.7 cm³/mol. The first-order valence-corrected chi connectivity index (χ1v) is 5.98. The van der Waals surface area contributed by atoms with E-state index in [-0.39, 0.29) is 17.3 Å². The van der Waals surface area contributed by atoms with Crippen molar-refractivity contribution in [3.8, 4) is 0 Å². The minimum Gasteiger partial charge on any atom is -0.460 e. The maximum atomic E-state index is 11.5. The first kappa shape index (κ1) is 12.0. The van der Waals surface area contributed by atoms with Crippen molar-refractivity contribution in [2.45, 2.75) is 32.2 Å². The molecule has 0 saturated heterocycles. The number of allylic oxidation sites excluding steroid dienone is 1. The lowest BCUT2D eigenvalue weighted by molar-refractivity contribution is -0.143. The highest BCUT2D eigenvalue weighted by Gasteiger charge is 2.09. The fraction of sp³-hybridized carbons (Fsp3) is 0.600. The summed E-state index contributed by atoms with van der Waals surface area (Å²) < 4.78 is 6.78. The van der Waals surface area contributed by atoms with Crippen molar-refractivity contribution in [1.82, 2.24) is 20.2 Å². The number of rotatable bonds is 4. The van der Waals surface area contributed by atoms with Gasteiger partial charge in [0.2, 0.25) is 4.77 Å². The summed E-state index contributed by atoms with van der Waals surface area (Å²) in [7, 11) is 0. The van der Waals surface area contributed by atoms with Crippen molar-refractivity contribution in [2.75, 3.05) is 6.61 Å². The second-order valence-corrected chi connectivity index (χ2v) is 4.30. The summed E-state index contributed by atoms with van der Waals surface area (Å²) in [4.78, 5) is 11.5. The highest BCUT2D eigenvalue weighted by atomic mass is 32.1. The molecule has 1 N–H and O–H groups in total. The van der Waals surface area contributed by atoms with Crippen LogP contribution >= 0.6 is 12.2 Å². The molecule has 0 aliphatic heterocycles. The van der Waals surface area contributed by atoms with Crippen LogP contribution in [-0.4, -0.2) is 32.8 Å². The largest absolute Gasteiger partial charge is 0.460 e. The Hall–Kier alpha value is -1.50. The maximum absolute atomic E-state index is 11.5. The molecule has 0 radical (unpaired) electrons. The second-order valence-electron chi connectivity index (χ2n) is 3.94. The summed E-state index contributed by atoms with van der Waals surface area (Å²) in [6.45, 7) is 0.410. The molecule has 1 aromatic rings. The van der Waals surface area contributed by atoms with E-state index in [9.17, 15) is 4.79 Å². The first-order valence-electron chi connectivity index (χ1n) is 5.57. The molecule has 0 unspecified atom stereocenters. The lowest BCUT2D eigenvalue weighted by Gasteiger charge is -2.12. The summed E-state index contributed by atoms with van der Waals surface area (Å²) in [5, 5.41) is 9.57. The normalized spacial score (nSPS) is 15.4. The lowest BCUT2D eigenvalue weighted by Crippen LogP contribution is -2.16. The molecule has 1 heterocycles. The number of tetrazole rings is 1. The van der Waals surface area contributed by atoms with Crippen LogP contribution in [0.1, 0.15) is 25.7 Å². The third-order valence-corrected chi connectivity index (χ3v) is 2.92. The predicted octanol–water partition coefficient (Wildman–Crippen LogP) is 1.38. The SMILES string of the molecule is O=C(Cn1[nH]nnc1=S)OCC1=CCCCC1. The molecular weight excluding hydrogens is 240 g/mol. The summed E-state index contributed by atoms with van der Waals surface area (Å²) >= 11 is 4.85. The van der Waals surface area contributed by atoms with Gasteiger partial charge in [-0.3, -0.25) is 4.79 Å². The van der Waals surface area contributed by atoms with Gasteiger partial charge in [0.25, 0.3) is 0 Å². The zero-order valence-corrected chi connectivity index (χ0v) is 10.2. The molecule has 7 heteroatoms. The van der Waals surface area contributed by atoms with Gasteiger partial charge in [-0.25, -0.2) is 4.68 Å². The van der Waals surface area contributed by atoms with Gasteiger partial charge in [0.1, 0.15) is 13.2 Å². The van der Waals surface area contributed by atoms with Gasteiger partial charge in [0.15, 0.2) is 0 Å². The first-order chi connectivity index (χ1) is 8.25. The van der Waals surface area contributed by atoms with E-state index in [1.807, 2.05) is 0 Å². The third-order valence-electron chi connectivity index (χ3n) is 2.62. The zero-order valence-electron chi connectivity index (χ0n) is 9.39. The number of carbonyl (C=O) groups excluding carboxylic acids is 1. The van der Waals surface area contributed by atoms with Crippen molar-refractivity contribution in [3.05, 3.63) is 16.4 Å². The molecule has 17 heavy (non-hydrogen) atoms. The van der Waals surface area contributed by atoms with Crippen LogP contribution in [0.15, 0.2) is 11.6 Å². The molecule has 6 nitrogen and oxygen atoms in total. The monoisotopic (exact) mass is 254 g/mol. The van der Waals surface area contributed by atoms with E-state index in [2.05, 4.69) is 21.6 Å². The molecular formula is C10H14N4O2S. The van der Waals surface area contributed by atoms with E-state index < -0.39 is 0 Å². The fourth-order valence-electron chi connectivity index (χ4n) is 1.70. The number of nitrogens with zero attached hydrogens (tertiary/aromatic N) is 3. The quantitative estimate of drug-likeness (QED) is 0.499. The van der Waals surface area contributed by atoms with E-state index in [1.54, 1.807) is 0 Å². The standard InChI is InChI=1S/C10H14N4O2S/c15-9(6-14-10(17)11-12-13-14)16-7-8-4-2-1-3-5-8/h4H,1-3,5-7H2,(H,11,13,17). The lowest BCUT2D eigenvalue weighted by atomic mass is 10.0. The molecule has 0 fully saturated rings. The number of aromatic amines is 1. The number of aromatic nitrogens is 4. The molecule has 1 aromatic heterocycles. The van der Waals surface area contributed by atoms with Crippen LogP contribution in [0.3, 0.4) is 0 Å². The van der Waals surface area contributed by atoms with E-state index in [1.165, 1.54) is 23.1 Å². The van der Waals surface area contributed by atoms with Gasteiger partial charge >= 0.3 is 5.97 Å². The molecule has 0 atom stereocenters. The van der Waals surface area contributed by atoms with Gasteiger partial charge in [-0.15, -0.1) is 0 Å². The van der Waals surface area contributed by atoms with Crippen LogP contribution in [0, 0.1) is 4.77 Å². The molecule has 0 amide bonds. The highest BCUT2D eigenvalue weighted by molar-refractivity contribution is 7.71. The minimum absolute atomic E-state index is 0.0269. The number of carbonyl (C=O) groups is 1. The number of esters is 1. The summed E-state index contributed by atoms with van der Waals surface area (Å²) in [5.74, 6) is -0.335. The second kappa shape index (κ2) is 5.72. The van der Waals surface area contributed by atoms with Gasteiger partial charge < -0.3 is 4.74 Å². The Kier molecular flexibility index (Phi) is 4.03. The van der Waals surface area contributed by atoms with Crippen LogP contribution in [0.5, 0.6) is 0 Å². The molecule has 0 bridgehead atoms. The fourth-order valence-corrected chi connectivity index (χ4v) is 1.85. The van der Waals surface area contributed by atoms with Gasteiger partial charge in [-0.05, 0) is 43.5 Å².